The Morgan fingerprint density at radius 2 is 2.36 bits per heavy atom. The molecule has 1 heterocycles. The van der Waals surface area contributed by atoms with E-state index in [1.807, 2.05) is 33.2 Å². The monoisotopic (exact) mass is 195 g/mol. The Bertz CT molecular complexity index is 304. The minimum absolute atomic E-state index is 0.0886. The molecule has 1 amide bonds. The summed E-state index contributed by atoms with van der Waals surface area (Å²) >= 11 is 0. The molecule has 0 saturated heterocycles. The van der Waals surface area contributed by atoms with Gasteiger partial charge < -0.3 is 5.32 Å². The van der Waals surface area contributed by atoms with Crippen LogP contribution in [-0.4, -0.2) is 15.7 Å². The molecule has 0 bridgehead atoms. The van der Waals surface area contributed by atoms with Crippen LogP contribution in [0.5, 0.6) is 0 Å². The third-order valence-corrected chi connectivity index (χ3v) is 1.83. The van der Waals surface area contributed by atoms with Crippen molar-refractivity contribution in [1.29, 1.82) is 0 Å². The van der Waals surface area contributed by atoms with E-state index in [4.69, 9.17) is 0 Å². The summed E-state index contributed by atoms with van der Waals surface area (Å²) in [5.74, 6) is 0.490. The fourth-order valence-corrected chi connectivity index (χ4v) is 1.19. The molecule has 0 spiro atoms. The number of carbonyl (C=O) groups is 1. The maximum absolute atomic E-state index is 11.3. The molecule has 0 aliphatic carbocycles. The van der Waals surface area contributed by atoms with Crippen LogP contribution in [0.15, 0.2) is 12.3 Å². The number of amides is 1. The van der Waals surface area contributed by atoms with Crippen molar-refractivity contribution in [2.24, 2.45) is 13.0 Å². The Hall–Kier alpha value is -1.32. The predicted molar refractivity (Wildman–Crippen MR) is 54.5 cm³/mol. The van der Waals surface area contributed by atoms with Gasteiger partial charge in [0.05, 0.1) is 12.2 Å². The molecule has 1 N–H and O–H groups in total. The van der Waals surface area contributed by atoms with E-state index < -0.39 is 0 Å². The molecule has 78 valence electrons. The van der Waals surface area contributed by atoms with Gasteiger partial charge >= 0.3 is 0 Å². The second-order valence-electron chi connectivity index (χ2n) is 3.86. The number of aromatic nitrogens is 2. The van der Waals surface area contributed by atoms with Gasteiger partial charge in [-0.05, 0) is 12.0 Å². The summed E-state index contributed by atoms with van der Waals surface area (Å²) in [4.78, 5) is 11.3. The van der Waals surface area contributed by atoms with Gasteiger partial charge in [0.2, 0.25) is 5.91 Å². The molecule has 0 atom stereocenters. The van der Waals surface area contributed by atoms with E-state index >= 15 is 0 Å². The van der Waals surface area contributed by atoms with E-state index in [2.05, 4.69) is 10.4 Å². The van der Waals surface area contributed by atoms with E-state index in [9.17, 15) is 4.79 Å². The molecule has 0 radical (unpaired) electrons. The summed E-state index contributed by atoms with van der Waals surface area (Å²) in [5, 5.41) is 6.99. The number of carbonyl (C=O) groups excluding carboxylic acids is 1. The van der Waals surface area contributed by atoms with Crippen LogP contribution in [0.3, 0.4) is 0 Å². The van der Waals surface area contributed by atoms with Crippen LogP contribution in [0.4, 0.5) is 0 Å². The van der Waals surface area contributed by atoms with Crippen molar-refractivity contribution >= 4 is 5.91 Å². The lowest BCUT2D eigenvalue weighted by molar-refractivity contribution is -0.121. The normalized spacial score (nSPS) is 10.6. The molecular weight excluding hydrogens is 178 g/mol. The molecule has 0 aromatic carbocycles. The van der Waals surface area contributed by atoms with Crippen LogP contribution in [0, 0.1) is 5.92 Å². The van der Waals surface area contributed by atoms with E-state index in [-0.39, 0.29) is 5.91 Å². The minimum atomic E-state index is 0.0886. The van der Waals surface area contributed by atoms with Crippen LogP contribution in [0.2, 0.25) is 0 Å². The van der Waals surface area contributed by atoms with Crippen molar-refractivity contribution in [2.75, 3.05) is 0 Å². The van der Waals surface area contributed by atoms with Crippen molar-refractivity contribution in [2.45, 2.75) is 26.8 Å². The molecule has 4 heteroatoms. The second-order valence-corrected chi connectivity index (χ2v) is 3.86. The molecule has 4 nitrogen and oxygen atoms in total. The molecule has 14 heavy (non-hydrogen) atoms. The molecule has 0 aliphatic heterocycles. The standard InChI is InChI=1S/C10H17N3O/c1-8(2)6-10(14)11-7-9-4-5-13(3)12-9/h4-5,8H,6-7H2,1-3H3,(H,11,14). The van der Waals surface area contributed by atoms with Crippen LogP contribution >= 0.6 is 0 Å². The Kier molecular flexibility index (Phi) is 3.68. The van der Waals surface area contributed by atoms with E-state index in [0.29, 0.717) is 18.9 Å². The topological polar surface area (TPSA) is 46.9 Å². The van der Waals surface area contributed by atoms with Crippen molar-refractivity contribution in [3.63, 3.8) is 0 Å². The van der Waals surface area contributed by atoms with Crippen LogP contribution in [0.1, 0.15) is 26.0 Å². The summed E-state index contributed by atoms with van der Waals surface area (Å²) in [7, 11) is 1.86. The van der Waals surface area contributed by atoms with Gasteiger partial charge in [0.1, 0.15) is 0 Å². The first-order valence-electron chi connectivity index (χ1n) is 4.83. The molecule has 1 rings (SSSR count). The van der Waals surface area contributed by atoms with Crippen molar-refractivity contribution in [3.05, 3.63) is 18.0 Å². The highest BCUT2D eigenvalue weighted by atomic mass is 16.1. The fourth-order valence-electron chi connectivity index (χ4n) is 1.19. The van der Waals surface area contributed by atoms with Crippen molar-refractivity contribution in [1.82, 2.24) is 15.1 Å². The maximum Gasteiger partial charge on any atom is 0.220 e. The van der Waals surface area contributed by atoms with Crippen LogP contribution in [-0.2, 0) is 18.4 Å². The van der Waals surface area contributed by atoms with Gasteiger partial charge in [0.25, 0.3) is 0 Å². The zero-order valence-corrected chi connectivity index (χ0v) is 8.95. The average molecular weight is 195 g/mol. The third kappa shape index (κ3) is 3.60. The second kappa shape index (κ2) is 4.79. The van der Waals surface area contributed by atoms with Gasteiger partial charge in [0.15, 0.2) is 0 Å². The van der Waals surface area contributed by atoms with Gasteiger partial charge in [-0.3, -0.25) is 9.48 Å². The van der Waals surface area contributed by atoms with Crippen molar-refractivity contribution < 1.29 is 4.79 Å². The number of nitrogens with one attached hydrogen (secondary N) is 1. The number of hydrogen-bond donors (Lipinski definition) is 1. The lowest BCUT2D eigenvalue weighted by Gasteiger charge is -2.04. The summed E-state index contributed by atoms with van der Waals surface area (Å²) < 4.78 is 1.73. The first-order valence-corrected chi connectivity index (χ1v) is 4.83. The Morgan fingerprint density at radius 3 is 2.86 bits per heavy atom. The Balaban J connectivity index is 2.30. The zero-order valence-electron chi connectivity index (χ0n) is 8.95. The number of rotatable bonds is 4. The Labute approximate surface area is 84.3 Å². The zero-order chi connectivity index (χ0) is 10.6. The predicted octanol–water partition coefficient (Wildman–Crippen LogP) is 1.08. The van der Waals surface area contributed by atoms with Crippen molar-refractivity contribution in [3.8, 4) is 0 Å². The molecule has 0 aliphatic rings. The molecule has 0 saturated carbocycles. The first-order chi connectivity index (χ1) is 6.58. The van der Waals surface area contributed by atoms with Gasteiger partial charge in [-0.2, -0.15) is 5.10 Å². The highest BCUT2D eigenvalue weighted by Gasteiger charge is 2.04. The summed E-state index contributed by atoms with van der Waals surface area (Å²) in [6, 6.07) is 1.90. The average Bonchev–Trinajstić information content (AvgIpc) is 2.47. The van der Waals surface area contributed by atoms with Gasteiger partial charge in [0, 0.05) is 19.7 Å². The number of nitrogens with zero attached hydrogens (tertiary/aromatic N) is 2. The largest absolute Gasteiger partial charge is 0.350 e. The maximum atomic E-state index is 11.3. The lowest BCUT2D eigenvalue weighted by atomic mass is 10.1. The smallest absolute Gasteiger partial charge is 0.220 e. The molecule has 1 aromatic heterocycles. The Morgan fingerprint density at radius 1 is 1.64 bits per heavy atom. The first kappa shape index (κ1) is 10.8. The molecule has 0 unspecified atom stereocenters. The quantitative estimate of drug-likeness (QED) is 0.781. The summed E-state index contributed by atoms with van der Waals surface area (Å²) in [6.07, 6.45) is 2.44. The minimum Gasteiger partial charge on any atom is -0.350 e. The molecule has 1 aromatic rings. The highest BCUT2D eigenvalue weighted by Crippen LogP contribution is 1.99. The third-order valence-electron chi connectivity index (χ3n) is 1.83. The number of aryl methyl sites for hydroxylation is 1. The molecule has 0 fully saturated rings. The lowest BCUT2D eigenvalue weighted by Crippen LogP contribution is -2.24. The fraction of sp³-hybridized carbons (Fsp3) is 0.600. The van der Waals surface area contributed by atoms with Crippen LogP contribution < -0.4 is 5.32 Å². The highest BCUT2D eigenvalue weighted by molar-refractivity contribution is 5.75. The van der Waals surface area contributed by atoms with Crippen LogP contribution in [0.25, 0.3) is 0 Å². The SMILES string of the molecule is CC(C)CC(=O)NCc1ccn(C)n1. The summed E-state index contributed by atoms with van der Waals surface area (Å²) in [5.41, 5.74) is 0.893. The molecular formula is C10H17N3O. The van der Waals surface area contributed by atoms with E-state index in [1.165, 1.54) is 0 Å². The van der Waals surface area contributed by atoms with Gasteiger partial charge in [-0.25, -0.2) is 0 Å². The van der Waals surface area contributed by atoms with Gasteiger partial charge in [-0.15, -0.1) is 0 Å². The van der Waals surface area contributed by atoms with Gasteiger partial charge in [-0.1, -0.05) is 13.8 Å². The summed E-state index contributed by atoms with van der Waals surface area (Å²) in [6.45, 7) is 4.58. The van der Waals surface area contributed by atoms with E-state index in [1.54, 1.807) is 4.68 Å². The number of hydrogen-bond acceptors (Lipinski definition) is 2. The van der Waals surface area contributed by atoms with E-state index in [0.717, 1.165) is 5.69 Å².